The van der Waals surface area contributed by atoms with Crippen molar-refractivity contribution in [2.75, 3.05) is 5.32 Å². The smallest absolute Gasteiger partial charge is 0.103 e. The molecular formula is C36H47N3. The van der Waals surface area contributed by atoms with Gasteiger partial charge in [0, 0.05) is 23.6 Å². The van der Waals surface area contributed by atoms with E-state index < -0.39 is 0 Å². The predicted octanol–water partition coefficient (Wildman–Crippen LogP) is 10.8. The van der Waals surface area contributed by atoms with Gasteiger partial charge in [-0.3, -0.25) is 4.98 Å². The molecule has 0 spiro atoms. The zero-order chi connectivity index (χ0) is 29.0. The number of aryl methyl sites for hydroxylation is 1. The van der Waals surface area contributed by atoms with E-state index >= 15 is 0 Å². The number of allylic oxidation sites excluding steroid dienone is 3. The van der Waals surface area contributed by atoms with E-state index in [-0.39, 0.29) is 0 Å². The van der Waals surface area contributed by atoms with Gasteiger partial charge in [0.05, 0.1) is 11.3 Å². The molecule has 0 aliphatic heterocycles. The number of hydrogen-bond donors (Lipinski definition) is 1. The molecule has 0 fully saturated rings. The minimum atomic E-state index is 0.556. The van der Waals surface area contributed by atoms with Crippen LogP contribution in [0, 0.1) is 31.1 Å². The van der Waals surface area contributed by atoms with Crippen LogP contribution < -0.4 is 5.32 Å². The van der Waals surface area contributed by atoms with Gasteiger partial charge < -0.3 is 5.32 Å². The Morgan fingerprint density at radius 1 is 0.949 bits per heavy atom. The lowest BCUT2D eigenvalue weighted by Gasteiger charge is -2.15. The van der Waals surface area contributed by atoms with Crippen LogP contribution in [0.25, 0.3) is 12.2 Å². The molecule has 0 aliphatic carbocycles. The molecule has 1 aromatic heterocycles. The van der Waals surface area contributed by atoms with E-state index in [0.29, 0.717) is 11.5 Å². The first kappa shape index (κ1) is 33.1. The summed E-state index contributed by atoms with van der Waals surface area (Å²) in [7, 11) is 0. The number of aromatic nitrogens is 1. The Morgan fingerprint density at radius 2 is 1.59 bits per heavy atom. The van der Waals surface area contributed by atoms with Gasteiger partial charge in [-0.05, 0) is 70.6 Å². The molecule has 1 N–H and O–H groups in total. The number of anilines is 2. The van der Waals surface area contributed by atoms with Gasteiger partial charge in [0.1, 0.15) is 6.07 Å². The van der Waals surface area contributed by atoms with Crippen molar-refractivity contribution in [3.8, 4) is 6.07 Å². The highest BCUT2D eigenvalue weighted by atomic mass is 14.9. The zero-order valence-corrected chi connectivity index (χ0v) is 25.1. The Bertz CT molecular complexity index is 1220. The molecule has 0 bridgehead atoms. The van der Waals surface area contributed by atoms with Gasteiger partial charge in [-0.2, -0.15) is 5.26 Å². The van der Waals surface area contributed by atoms with Crippen molar-refractivity contribution < 1.29 is 0 Å². The number of pyridine rings is 1. The topological polar surface area (TPSA) is 48.7 Å². The molecular weight excluding hydrogens is 474 g/mol. The van der Waals surface area contributed by atoms with Gasteiger partial charge in [-0.15, -0.1) is 6.58 Å². The van der Waals surface area contributed by atoms with Crippen LogP contribution in [-0.4, -0.2) is 4.98 Å². The SMILES string of the molecule is C/C=C\c1cccc(Nc2c(C#N)cncc2/C=C/C(CCC)CCC)c1C.C=C(C)C.Cc1ccccc1. The van der Waals surface area contributed by atoms with Gasteiger partial charge in [0.25, 0.3) is 0 Å². The first-order chi connectivity index (χ1) is 18.8. The maximum Gasteiger partial charge on any atom is 0.103 e. The van der Waals surface area contributed by atoms with Crippen molar-refractivity contribution in [3.05, 3.63) is 113 Å². The number of hydrogen-bond acceptors (Lipinski definition) is 3. The van der Waals surface area contributed by atoms with Gasteiger partial charge in [-0.25, -0.2) is 0 Å². The van der Waals surface area contributed by atoms with E-state index in [9.17, 15) is 5.26 Å². The highest BCUT2D eigenvalue weighted by Crippen LogP contribution is 2.29. The second kappa shape index (κ2) is 19.2. The maximum atomic E-state index is 9.61. The summed E-state index contributed by atoms with van der Waals surface area (Å²) in [6, 6.07) is 18.7. The fraction of sp³-hybridized carbons (Fsp3) is 0.333. The lowest BCUT2D eigenvalue weighted by molar-refractivity contribution is 0.531. The minimum Gasteiger partial charge on any atom is -0.354 e. The molecule has 3 heteroatoms. The number of nitriles is 1. The van der Waals surface area contributed by atoms with Crippen LogP contribution in [0.3, 0.4) is 0 Å². The molecule has 0 unspecified atom stereocenters. The Morgan fingerprint density at radius 3 is 2.10 bits per heavy atom. The third-order valence-corrected chi connectivity index (χ3v) is 5.88. The van der Waals surface area contributed by atoms with Crippen LogP contribution in [0.5, 0.6) is 0 Å². The first-order valence-corrected chi connectivity index (χ1v) is 14.0. The summed E-state index contributed by atoms with van der Waals surface area (Å²) in [5, 5.41) is 13.1. The van der Waals surface area contributed by atoms with Crippen LogP contribution in [0.1, 0.15) is 88.1 Å². The number of nitrogens with one attached hydrogen (secondary N) is 1. The molecule has 0 aliphatic rings. The Kier molecular flexibility index (Phi) is 16.3. The molecule has 206 valence electrons. The van der Waals surface area contributed by atoms with Crippen molar-refractivity contribution in [3.63, 3.8) is 0 Å². The molecule has 0 radical (unpaired) electrons. The van der Waals surface area contributed by atoms with E-state index in [4.69, 9.17) is 0 Å². The summed E-state index contributed by atoms with van der Waals surface area (Å²) < 4.78 is 0. The van der Waals surface area contributed by atoms with E-state index in [1.165, 1.54) is 42.4 Å². The van der Waals surface area contributed by atoms with E-state index in [2.05, 4.69) is 87.1 Å². The highest BCUT2D eigenvalue weighted by Gasteiger charge is 2.11. The number of rotatable bonds is 9. The summed E-state index contributed by atoms with van der Waals surface area (Å²) in [5.41, 5.74) is 8.15. The van der Waals surface area contributed by atoms with Crippen molar-refractivity contribution in [1.29, 1.82) is 5.26 Å². The van der Waals surface area contributed by atoms with Gasteiger partial charge in [-0.1, -0.05) is 105 Å². The van der Waals surface area contributed by atoms with E-state index in [0.717, 1.165) is 22.5 Å². The zero-order valence-electron chi connectivity index (χ0n) is 25.1. The first-order valence-electron chi connectivity index (χ1n) is 14.0. The molecule has 0 atom stereocenters. The normalized spacial score (nSPS) is 10.4. The van der Waals surface area contributed by atoms with Crippen molar-refractivity contribution >= 4 is 23.5 Å². The second-order valence-electron chi connectivity index (χ2n) is 9.97. The lowest BCUT2D eigenvalue weighted by atomic mass is 9.96. The summed E-state index contributed by atoms with van der Waals surface area (Å²) in [6.45, 7) is 18.1. The van der Waals surface area contributed by atoms with E-state index in [1.54, 1.807) is 6.20 Å². The van der Waals surface area contributed by atoms with Crippen LogP contribution in [0.4, 0.5) is 11.4 Å². The average Bonchev–Trinajstić information content (AvgIpc) is 2.91. The maximum absolute atomic E-state index is 9.61. The second-order valence-corrected chi connectivity index (χ2v) is 9.97. The standard InChI is InChI=1S/C25H31N3.C7H8.C4H8/c1-5-9-20(10-6-2)14-15-22-17-27-18-23(16-26)25(22)28-24-13-8-12-21(11-7-3)19(24)4;1-7-5-3-2-4-6-7;1-4(2)3/h7-8,11-15,17-18,20H,5-6,9-10H2,1-4H3,(H,27,28);2-6H,1H3;1H2,2-3H3/b11-7-,15-14+;;. The molecule has 0 saturated heterocycles. The predicted molar refractivity (Wildman–Crippen MR) is 172 cm³/mol. The lowest BCUT2D eigenvalue weighted by Crippen LogP contribution is -2.01. The molecule has 3 aromatic rings. The Labute approximate surface area is 238 Å². The molecule has 3 rings (SSSR count). The average molecular weight is 522 g/mol. The molecule has 0 amide bonds. The van der Waals surface area contributed by atoms with Crippen molar-refractivity contribution in [1.82, 2.24) is 4.98 Å². The third-order valence-electron chi connectivity index (χ3n) is 5.88. The fourth-order valence-corrected chi connectivity index (χ4v) is 3.96. The summed E-state index contributed by atoms with van der Waals surface area (Å²) in [5.74, 6) is 0.563. The number of benzene rings is 2. The van der Waals surface area contributed by atoms with Crippen molar-refractivity contribution in [2.45, 2.75) is 74.1 Å². The van der Waals surface area contributed by atoms with Crippen LogP contribution >= 0.6 is 0 Å². The van der Waals surface area contributed by atoms with Gasteiger partial charge in [0.2, 0.25) is 0 Å². The quantitative estimate of drug-likeness (QED) is 0.285. The number of nitrogens with zero attached hydrogens (tertiary/aromatic N) is 2. The monoisotopic (exact) mass is 521 g/mol. The Balaban J connectivity index is 0.000000573. The van der Waals surface area contributed by atoms with Crippen molar-refractivity contribution in [2.24, 2.45) is 5.92 Å². The summed E-state index contributed by atoms with van der Waals surface area (Å²) in [6.07, 6.45) is 16.7. The van der Waals surface area contributed by atoms with Crippen LogP contribution in [0.2, 0.25) is 0 Å². The van der Waals surface area contributed by atoms with E-state index in [1.807, 2.05) is 63.4 Å². The summed E-state index contributed by atoms with van der Waals surface area (Å²) in [4.78, 5) is 4.27. The highest BCUT2D eigenvalue weighted by molar-refractivity contribution is 5.78. The molecule has 0 saturated carbocycles. The Hall–Kier alpha value is -3.90. The van der Waals surface area contributed by atoms with Crippen LogP contribution in [0.15, 0.2) is 85.2 Å². The van der Waals surface area contributed by atoms with Gasteiger partial charge in [0.15, 0.2) is 0 Å². The summed E-state index contributed by atoms with van der Waals surface area (Å²) >= 11 is 0. The third kappa shape index (κ3) is 12.9. The molecule has 39 heavy (non-hydrogen) atoms. The van der Waals surface area contributed by atoms with Gasteiger partial charge >= 0.3 is 0 Å². The molecule has 3 nitrogen and oxygen atoms in total. The van der Waals surface area contributed by atoms with Crippen LogP contribution in [-0.2, 0) is 0 Å². The fourth-order valence-electron chi connectivity index (χ4n) is 3.96. The molecule has 2 aromatic carbocycles. The minimum absolute atomic E-state index is 0.556. The largest absolute Gasteiger partial charge is 0.354 e. The molecule has 1 heterocycles.